The maximum Gasteiger partial charge on any atom is 0.255 e. The van der Waals surface area contributed by atoms with Crippen LogP contribution in [-0.4, -0.2) is 51.9 Å². The topological polar surface area (TPSA) is 79.0 Å². The molecule has 2 aliphatic rings. The van der Waals surface area contributed by atoms with Gasteiger partial charge < -0.3 is 15.0 Å². The van der Waals surface area contributed by atoms with Crippen LogP contribution in [0, 0.1) is 0 Å². The van der Waals surface area contributed by atoms with Gasteiger partial charge in [-0.1, -0.05) is 12.1 Å². The standard InChI is InChI=1S/C23H29N3O4S/c1-30-21-12-11-18(17-22(21)31(28,29)26-15-7-8-16-26)23(27)24-19-9-3-4-10-20(19)25-13-5-2-6-14-25/h3-4,9-12,17H,2,5-8,13-16H2,1H3,(H,24,27). The van der Waals surface area contributed by atoms with E-state index in [4.69, 9.17) is 4.74 Å². The van der Waals surface area contributed by atoms with Crippen LogP contribution in [0.25, 0.3) is 0 Å². The number of amides is 1. The molecule has 2 heterocycles. The molecule has 31 heavy (non-hydrogen) atoms. The highest BCUT2D eigenvalue weighted by Crippen LogP contribution is 2.32. The molecule has 7 nitrogen and oxygen atoms in total. The van der Waals surface area contributed by atoms with Gasteiger partial charge in [-0.2, -0.15) is 4.31 Å². The van der Waals surface area contributed by atoms with E-state index >= 15 is 0 Å². The molecule has 0 spiro atoms. The van der Waals surface area contributed by atoms with Gasteiger partial charge in [-0.05, 0) is 62.4 Å². The van der Waals surface area contributed by atoms with Crippen LogP contribution in [0.1, 0.15) is 42.5 Å². The molecule has 2 aliphatic heterocycles. The summed E-state index contributed by atoms with van der Waals surface area (Å²) in [6.45, 7) is 2.91. The summed E-state index contributed by atoms with van der Waals surface area (Å²) in [4.78, 5) is 15.4. The van der Waals surface area contributed by atoms with Crippen LogP contribution in [-0.2, 0) is 10.0 Å². The highest BCUT2D eigenvalue weighted by molar-refractivity contribution is 7.89. The predicted octanol–water partition coefficient (Wildman–Crippen LogP) is 3.72. The normalized spacial score (nSPS) is 17.5. The quantitative estimate of drug-likeness (QED) is 0.736. The summed E-state index contributed by atoms with van der Waals surface area (Å²) in [5, 5.41) is 2.98. The molecule has 2 aromatic carbocycles. The van der Waals surface area contributed by atoms with Crippen LogP contribution < -0.4 is 15.0 Å². The summed E-state index contributed by atoms with van der Waals surface area (Å²) in [5.74, 6) is -0.0952. The van der Waals surface area contributed by atoms with Crippen molar-refractivity contribution in [3.63, 3.8) is 0 Å². The second-order valence-corrected chi connectivity index (χ2v) is 9.90. The second kappa shape index (κ2) is 9.28. The number of rotatable bonds is 6. The number of sulfonamides is 1. The molecule has 2 fully saturated rings. The Hall–Kier alpha value is -2.58. The average molecular weight is 444 g/mol. The minimum Gasteiger partial charge on any atom is -0.495 e. The fourth-order valence-electron chi connectivity index (χ4n) is 4.27. The lowest BCUT2D eigenvalue weighted by Gasteiger charge is -2.30. The fourth-order valence-corrected chi connectivity index (χ4v) is 5.97. The van der Waals surface area contributed by atoms with Crippen LogP contribution in [0.5, 0.6) is 5.75 Å². The van der Waals surface area contributed by atoms with Gasteiger partial charge in [0.1, 0.15) is 10.6 Å². The van der Waals surface area contributed by atoms with Gasteiger partial charge in [0.25, 0.3) is 5.91 Å². The molecule has 0 atom stereocenters. The van der Waals surface area contributed by atoms with E-state index in [-0.39, 0.29) is 22.1 Å². The predicted molar refractivity (Wildman–Crippen MR) is 121 cm³/mol. The van der Waals surface area contributed by atoms with Crippen LogP contribution in [0.15, 0.2) is 47.4 Å². The largest absolute Gasteiger partial charge is 0.495 e. The number of nitrogens with zero attached hydrogens (tertiary/aromatic N) is 2. The SMILES string of the molecule is COc1ccc(C(=O)Nc2ccccc2N2CCCCC2)cc1S(=O)(=O)N1CCCC1. The maximum atomic E-state index is 13.1. The molecule has 0 radical (unpaired) electrons. The molecule has 4 rings (SSSR count). The monoisotopic (exact) mass is 443 g/mol. The van der Waals surface area contributed by atoms with Crippen LogP contribution in [0.2, 0.25) is 0 Å². The summed E-state index contributed by atoms with van der Waals surface area (Å²) in [6, 6.07) is 12.3. The van der Waals surface area contributed by atoms with E-state index in [1.54, 1.807) is 12.1 Å². The van der Waals surface area contributed by atoms with Crippen molar-refractivity contribution in [2.24, 2.45) is 0 Å². The number of carbonyl (C=O) groups is 1. The van der Waals surface area contributed by atoms with Crippen molar-refractivity contribution >= 4 is 27.3 Å². The van der Waals surface area contributed by atoms with Gasteiger partial charge in [0.15, 0.2) is 0 Å². The number of para-hydroxylation sites is 2. The first-order chi connectivity index (χ1) is 15.0. The Morgan fingerprint density at radius 1 is 0.935 bits per heavy atom. The molecule has 1 N–H and O–H groups in total. The van der Waals surface area contributed by atoms with E-state index in [1.165, 1.54) is 23.9 Å². The van der Waals surface area contributed by atoms with E-state index in [2.05, 4.69) is 10.2 Å². The summed E-state index contributed by atoms with van der Waals surface area (Å²) in [7, 11) is -2.28. The van der Waals surface area contributed by atoms with E-state index in [9.17, 15) is 13.2 Å². The Bertz CT molecular complexity index is 1040. The minimum absolute atomic E-state index is 0.0360. The van der Waals surface area contributed by atoms with E-state index in [1.807, 2.05) is 24.3 Å². The van der Waals surface area contributed by atoms with E-state index in [0.717, 1.165) is 50.1 Å². The molecule has 166 valence electrons. The number of hydrogen-bond donors (Lipinski definition) is 1. The second-order valence-electron chi connectivity index (χ2n) is 8.00. The Balaban J connectivity index is 1.61. The molecule has 2 aromatic rings. The van der Waals surface area contributed by atoms with Gasteiger partial charge in [0.05, 0.1) is 18.5 Å². The summed E-state index contributed by atoms with van der Waals surface area (Å²) >= 11 is 0. The van der Waals surface area contributed by atoms with Gasteiger partial charge in [0, 0.05) is 31.7 Å². The van der Waals surface area contributed by atoms with Gasteiger partial charge >= 0.3 is 0 Å². The van der Waals surface area contributed by atoms with Gasteiger partial charge in [0.2, 0.25) is 10.0 Å². The van der Waals surface area contributed by atoms with Gasteiger partial charge in [-0.3, -0.25) is 4.79 Å². The van der Waals surface area contributed by atoms with Crippen LogP contribution in [0.4, 0.5) is 11.4 Å². The third-order valence-corrected chi connectivity index (χ3v) is 7.88. The van der Waals surface area contributed by atoms with Crippen molar-refractivity contribution < 1.29 is 17.9 Å². The molecule has 0 aromatic heterocycles. The Morgan fingerprint density at radius 2 is 1.61 bits per heavy atom. The Morgan fingerprint density at radius 3 is 2.32 bits per heavy atom. The number of carbonyl (C=O) groups excluding carboxylic acids is 1. The molecule has 0 bridgehead atoms. The highest BCUT2D eigenvalue weighted by Gasteiger charge is 2.30. The molecule has 1 amide bonds. The number of hydrogen-bond acceptors (Lipinski definition) is 5. The summed E-state index contributed by atoms with van der Waals surface area (Å²) < 4.78 is 33.0. The van der Waals surface area contributed by atoms with Crippen molar-refractivity contribution in [3.05, 3.63) is 48.0 Å². The molecule has 0 saturated carbocycles. The van der Waals surface area contributed by atoms with Crippen LogP contribution >= 0.6 is 0 Å². The number of ether oxygens (including phenoxy) is 1. The van der Waals surface area contributed by atoms with Gasteiger partial charge in [-0.25, -0.2) is 8.42 Å². The summed E-state index contributed by atoms with van der Waals surface area (Å²) in [5.41, 5.74) is 2.01. The molecule has 8 heteroatoms. The molecule has 0 aliphatic carbocycles. The van der Waals surface area contributed by atoms with Crippen molar-refractivity contribution in [1.82, 2.24) is 4.31 Å². The number of benzene rings is 2. The maximum absolute atomic E-state index is 13.1. The fraction of sp³-hybridized carbons (Fsp3) is 0.435. The third-order valence-electron chi connectivity index (χ3n) is 5.96. The first-order valence-corrected chi connectivity index (χ1v) is 12.3. The highest BCUT2D eigenvalue weighted by atomic mass is 32.2. The molecular formula is C23H29N3O4S. The zero-order valence-electron chi connectivity index (χ0n) is 17.8. The van der Waals surface area contributed by atoms with Crippen molar-refractivity contribution in [3.8, 4) is 5.75 Å². The van der Waals surface area contributed by atoms with Crippen molar-refractivity contribution in [2.45, 2.75) is 37.0 Å². The van der Waals surface area contributed by atoms with Crippen molar-refractivity contribution in [1.29, 1.82) is 0 Å². The first kappa shape index (κ1) is 21.6. The minimum atomic E-state index is -3.72. The zero-order chi connectivity index (χ0) is 21.8. The first-order valence-electron chi connectivity index (χ1n) is 10.8. The van der Waals surface area contributed by atoms with E-state index in [0.29, 0.717) is 13.1 Å². The average Bonchev–Trinajstić information content (AvgIpc) is 3.35. The van der Waals surface area contributed by atoms with Crippen molar-refractivity contribution in [2.75, 3.05) is 43.5 Å². The lowest BCUT2D eigenvalue weighted by molar-refractivity contribution is 0.102. The third kappa shape index (κ3) is 4.55. The molecular weight excluding hydrogens is 414 g/mol. The Labute approximate surface area is 184 Å². The lowest BCUT2D eigenvalue weighted by atomic mass is 10.1. The summed E-state index contributed by atoms with van der Waals surface area (Å²) in [6.07, 6.45) is 5.19. The van der Waals surface area contributed by atoms with Gasteiger partial charge in [-0.15, -0.1) is 0 Å². The number of piperidine rings is 1. The number of methoxy groups -OCH3 is 1. The molecule has 0 unspecified atom stereocenters. The van der Waals surface area contributed by atoms with Crippen LogP contribution in [0.3, 0.4) is 0 Å². The molecule has 2 saturated heterocycles. The zero-order valence-corrected chi connectivity index (χ0v) is 18.7. The number of anilines is 2. The smallest absolute Gasteiger partial charge is 0.255 e. The number of nitrogens with one attached hydrogen (secondary N) is 1. The lowest BCUT2D eigenvalue weighted by Crippen LogP contribution is -2.30. The van der Waals surface area contributed by atoms with E-state index < -0.39 is 10.0 Å². The Kier molecular flexibility index (Phi) is 6.48.